The molecule has 1 aliphatic rings. The molecule has 144 valence electrons. The second-order valence-corrected chi connectivity index (χ2v) is 8.58. The normalized spacial score (nSPS) is 13.6. The highest BCUT2D eigenvalue weighted by atomic mass is 32.2. The van der Waals surface area contributed by atoms with E-state index in [9.17, 15) is 13.2 Å². The van der Waals surface area contributed by atoms with Crippen molar-refractivity contribution in [3.05, 3.63) is 35.9 Å². The van der Waals surface area contributed by atoms with Crippen molar-refractivity contribution in [2.24, 2.45) is 5.92 Å². The molecule has 0 saturated heterocycles. The zero-order chi connectivity index (χ0) is 19.6. The van der Waals surface area contributed by atoms with Gasteiger partial charge in [0.2, 0.25) is 5.91 Å². The zero-order valence-corrected chi connectivity index (χ0v) is 16.4. The van der Waals surface area contributed by atoms with E-state index in [1.54, 1.807) is 29.2 Å². The molecule has 1 aliphatic heterocycles. The number of sulfonamides is 1. The van der Waals surface area contributed by atoms with Crippen LogP contribution in [0.2, 0.25) is 0 Å². The fourth-order valence-corrected chi connectivity index (χ4v) is 3.91. The number of anilines is 3. The Hall–Kier alpha value is -2.68. The van der Waals surface area contributed by atoms with Gasteiger partial charge in [-0.1, -0.05) is 13.8 Å². The van der Waals surface area contributed by atoms with Crippen LogP contribution >= 0.6 is 0 Å². The van der Waals surface area contributed by atoms with Gasteiger partial charge in [-0.2, -0.15) is 0 Å². The third-order valence-corrected chi connectivity index (χ3v) is 5.58. The summed E-state index contributed by atoms with van der Waals surface area (Å²) in [6, 6.07) is 8.02. The molecular weight excluding hydrogens is 366 g/mol. The second-order valence-electron chi connectivity index (χ2n) is 6.90. The number of carbonyl (C=O) groups is 1. The first kappa shape index (κ1) is 19.1. The summed E-state index contributed by atoms with van der Waals surface area (Å²) < 4.78 is 27.7. The summed E-state index contributed by atoms with van der Waals surface area (Å²) in [7, 11) is -3.79. The number of hydrogen-bond acceptors (Lipinski definition) is 6. The maximum atomic E-state index is 12.6. The van der Waals surface area contributed by atoms with Crippen molar-refractivity contribution in [2.45, 2.75) is 32.1 Å². The number of nitrogens with one attached hydrogen (secondary N) is 2. The molecular formula is C18H23N5O3S. The Morgan fingerprint density at radius 3 is 2.52 bits per heavy atom. The molecule has 0 atom stereocenters. The second kappa shape index (κ2) is 7.51. The number of hydrogen-bond donors (Lipinski definition) is 2. The molecule has 0 spiro atoms. The number of rotatable bonds is 6. The minimum Gasteiger partial charge on any atom is -0.368 e. The molecule has 1 aromatic carbocycles. The van der Waals surface area contributed by atoms with E-state index in [4.69, 9.17) is 0 Å². The van der Waals surface area contributed by atoms with Crippen LogP contribution in [0.15, 0.2) is 35.2 Å². The quantitative estimate of drug-likeness (QED) is 0.785. The average Bonchev–Trinajstić information content (AvgIpc) is 3.04. The van der Waals surface area contributed by atoms with E-state index >= 15 is 0 Å². The van der Waals surface area contributed by atoms with Crippen molar-refractivity contribution < 1.29 is 13.2 Å². The molecule has 2 heterocycles. The molecule has 0 fully saturated rings. The van der Waals surface area contributed by atoms with Crippen molar-refractivity contribution in [2.75, 3.05) is 28.0 Å². The molecule has 0 radical (unpaired) electrons. The maximum absolute atomic E-state index is 12.6. The van der Waals surface area contributed by atoms with Crippen molar-refractivity contribution in [1.29, 1.82) is 0 Å². The van der Waals surface area contributed by atoms with Crippen LogP contribution in [-0.4, -0.2) is 37.6 Å². The van der Waals surface area contributed by atoms with Gasteiger partial charge >= 0.3 is 0 Å². The van der Waals surface area contributed by atoms with Crippen LogP contribution < -0.4 is 14.9 Å². The highest BCUT2D eigenvalue weighted by molar-refractivity contribution is 7.92. The van der Waals surface area contributed by atoms with Crippen LogP contribution in [0.1, 0.15) is 26.3 Å². The number of amides is 1. The Kier molecular flexibility index (Phi) is 5.31. The summed E-state index contributed by atoms with van der Waals surface area (Å²) >= 11 is 0. The Morgan fingerprint density at radius 2 is 1.89 bits per heavy atom. The number of benzene rings is 1. The molecule has 3 rings (SSSR count). The van der Waals surface area contributed by atoms with E-state index in [0.717, 1.165) is 17.8 Å². The van der Waals surface area contributed by atoms with Gasteiger partial charge in [-0.3, -0.25) is 9.52 Å². The molecule has 2 N–H and O–H groups in total. The molecule has 2 aromatic rings. The van der Waals surface area contributed by atoms with Crippen LogP contribution in [0.5, 0.6) is 0 Å². The first-order chi connectivity index (χ1) is 12.8. The van der Waals surface area contributed by atoms with Gasteiger partial charge in [0.1, 0.15) is 5.82 Å². The largest absolute Gasteiger partial charge is 0.368 e. The summed E-state index contributed by atoms with van der Waals surface area (Å²) in [5.74, 6) is 1.15. The van der Waals surface area contributed by atoms with Gasteiger partial charge in [0.05, 0.1) is 4.90 Å². The SMILES string of the molecule is CC(=O)N1CCc2cc(S(=O)(=O)Nc3ccc(NCC(C)C)nn3)ccc21. The van der Waals surface area contributed by atoms with E-state index in [1.807, 2.05) is 0 Å². The third-order valence-electron chi connectivity index (χ3n) is 4.23. The molecule has 27 heavy (non-hydrogen) atoms. The number of aromatic nitrogens is 2. The van der Waals surface area contributed by atoms with E-state index < -0.39 is 10.0 Å². The minimum absolute atomic E-state index is 0.0519. The predicted octanol–water partition coefficient (Wildman–Crippen LogP) is 2.25. The molecule has 9 heteroatoms. The molecule has 0 bridgehead atoms. The van der Waals surface area contributed by atoms with E-state index in [2.05, 4.69) is 34.1 Å². The Bertz CT molecular complexity index is 942. The summed E-state index contributed by atoms with van der Waals surface area (Å²) in [5, 5.41) is 11.0. The Labute approximate surface area is 159 Å². The molecule has 0 aliphatic carbocycles. The van der Waals surface area contributed by atoms with E-state index in [0.29, 0.717) is 24.7 Å². The summed E-state index contributed by atoms with van der Waals surface area (Å²) in [6.45, 7) is 6.98. The van der Waals surface area contributed by atoms with Gasteiger partial charge in [0.25, 0.3) is 10.0 Å². The Morgan fingerprint density at radius 1 is 1.19 bits per heavy atom. The fourth-order valence-electron chi connectivity index (χ4n) is 2.86. The lowest BCUT2D eigenvalue weighted by molar-refractivity contribution is -0.116. The first-order valence-corrected chi connectivity index (χ1v) is 10.3. The van der Waals surface area contributed by atoms with Crippen LogP contribution in [0.3, 0.4) is 0 Å². The first-order valence-electron chi connectivity index (χ1n) is 8.78. The van der Waals surface area contributed by atoms with Crippen LogP contribution in [0.4, 0.5) is 17.3 Å². The smallest absolute Gasteiger partial charge is 0.263 e. The fraction of sp³-hybridized carbons (Fsp3) is 0.389. The lowest BCUT2D eigenvalue weighted by Gasteiger charge is -2.15. The average molecular weight is 389 g/mol. The molecule has 0 unspecified atom stereocenters. The van der Waals surface area contributed by atoms with Gasteiger partial charge < -0.3 is 10.2 Å². The van der Waals surface area contributed by atoms with Crippen molar-refractivity contribution in [1.82, 2.24) is 10.2 Å². The standard InChI is InChI=1S/C18H23N5O3S/c1-12(2)11-19-17-6-7-18(21-20-17)22-27(25,26)15-4-5-16-14(10-15)8-9-23(16)13(3)24/h4-7,10,12H,8-9,11H2,1-3H3,(H,19,20)(H,21,22). The van der Waals surface area contributed by atoms with Crippen LogP contribution in [0, 0.1) is 5.92 Å². The van der Waals surface area contributed by atoms with Crippen LogP contribution in [-0.2, 0) is 21.2 Å². The zero-order valence-electron chi connectivity index (χ0n) is 15.6. The number of carbonyl (C=O) groups excluding carboxylic acids is 1. The van der Waals surface area contributed by atoms with Crippen molar-refractivity contribution >= 4 is 33.3 Å². The predicted molar refractivity (Wildman–Crippen MR) is 104 cm³/mol. The maximum Gasteiger partial charge on any atom is 0.263 e. The Balaban J connectivity index is 1.75. The molecule has 1 aromatic heterocycles. The lowest BCUT2D eigenvalue weighted by atomic mass is 10.2. The van der Waals surface area contributed by atoms with Crippen molar-refractivity contribution in [3.8, 4) is 0 Å². The summed E-state index contributed by atoms with van der Waals surface area (Å²) in [5.41, 5.74) is 1.61. The summed E-state index contributed by atoms with van der Waals surface area (Å²) in [6.07, 6.45) is 0.633. The highest BCUT2D eigenvalue weighted by Gasteiger charge is 2.25. The minimum atomic E-state index is -3.79. The lowest BCUT2D eigenvalue weighted by Crippen LogP contribution is -2.25. The molecule has 1 amide bonds. The number of nitrogens with zero attached hydrogens (tertiary/aromatic N) is 3. The molecule has 0 saturated carbocycles. The van der Waals surface area contributed by atoms with Gasteiger partial charge in [-0.05, 0) is 48.2 Å². The van der Waals surface area contributed by atoms with Gasteiger partial charge in [-0.25, -0.2) is 8.42 Å². The van der Waals surface area contributed by atoms with Crippen molar-refractivity contribution in [3.63, 3.8) is 0 Å². The van der Waals surface area contributed by atoms with Gasteiger partial charge in [0, 0.05) is 25.7 Å². The monoisotopic (exact) mass is 389 g/mol. The highest BCUT2D eigenvalue weighted by Crippen LogP contribution is 2.30. The van der Waals surface area contributed by atoms with Gasteiger partial charge in [-0.15, -0.1) is 10.2 Å². The third kappa shape index (κ3) is 4.36. The van der Waals surface area contributed by atoms with E-state index in [-0.39, 0.29) is 16.6 Å². The van der Waals surface area contributed by atoms with Gasteiger partial charge in [0.15, 0.2) is 5.82 Å². The van der Waals surface area contributed by atoms with Crippen LogP contribution in [0.25, 0.3) is 0 Å². The van der Waals surface area contributed by atoms with E-state index in [1.165, 1.54) is 13.0 Å². The summed E-state index contributed by atoms with van der Waals surface area (Å²) in [4.78, 5) is 13.4. The topological polar surface area (TPSA) is 104 Å². The molecule has 8 nitrogen and oxygen atoms in total. The number of fused-ring (bicyclic) bond motifs is 1.